The monoisotopic (exact) mass is 621 g/mol. The van der Waals surface area contributed by atoms with Crippen molar-refractivity contribution in [3.8, 4) is 0 Å². The van der Waals surface area contributed by atoms with Crippen LogP contribution in [-0.4, -0.2) is 54.0 Å². The van der Waals surface area contributed by atoms with Crippen molar-refractivity contribution in [2.45, 2.75) is 200 Å². The van der Waals surface area contributed by atoms with Crippen molar-refractivity contribution in [1.29, 1.82) is 0 Å². The van der Waals surface area contributed by atoms with Gasteiger partial charge in [-0.1, -0.05) is 148 Å². The molecule has 0 spiro atoms. The SMILES string of the molecule is CCCCCCCCCCCCOC(=O)CCCCCCCCCCCN1CCN=C1CCCCCCCCCCC(=O)O. The van der Waals surface area contributed by atoms with Crippen LogP contribution in [0.3, 0.4) is 0 Å². The lowest BCUT2D eigenvalue weighted by Gasteiger charge is -2.20. The largest absolute Gasteiger partial charge is 0.481 e. The van der Waals surface area contributed by atoms with E-state index in [0.717, 1.165) is 51.6 Å². The van der Waals surface area contributed by atoms with E-state index in [4.69, 9.17) is 14.8 Å². The highest BCUT2D eigenvalue weighted by Gasteiger charge is 2.15. The number of amidine groups is 1. The topological polar surface area (TPSA) is 79.2 Å². The fourth-order valence-electron chi connectivity index (χ4n) is 6.28. The van der Waals surface area contributed by atoms with E-state index in [9.17, 15) is 9.59 Å². The van der Waals surface area contributed by atoms with Crippen LogP contribution in [0.25, 0.3) is 0 Å². The second kappa shape index (κ2) is 31.4. The highest BCUT2D eigenvalue weighted by atomic mass is 16.5. The molecule has 1 N–H and O–H groups in total. The maximum atomic E-state index is 12.0. The van der Waals surface area contributed by atoms with Crippen LogP contribution in [0.5, 0.6) is 0 Å². The van der Waals surface area contributed by atoms with Crippen LogP contribution in [0.15, 0.2) is 4.99 Å². The van der Waals surface area contributed by atoms with Gasteiger partial charge in [0.15, 0.2) is 0 Å². The van der Waals surface area contributed by atoms with E-state index in [-0.39, 0.29) is 5.97 Å². The summed E-state index contributed by atoms with van der Waals surface area (Å²) in [5.74, 6) is 0.685. The number of rotatable bonds is 34. The van der Waals surface area contributed by atoms with E-state index in [0.29, 0.717) is 19.4 Å². The highest BCUT2D eigenvalue weighted by molar-refractivity contribution is 5.83. The zero-order valence-electron chi connectivity index (χ0n) is 29.1. The van der Waals surface area contributed by atoms with Crippen molar-refractivity contribution >= 4 is 17.8 Å². The Balaban J connectivity index is 1.81. The molecule has 0 fully saturated rings. The lowest BCUT2D eigenvalue weighted by Crippen LogP contribution is -2.28. The minimum Gasteiger partial charge on any atom is -0.481 e. The molecular weight excluding hydrogens is 548 g/mol. The molecule has 0 radical (unpaired) electrons. The molecule has 0 aromatic rings. The van der Waals surface area contributed by atoms with Crippen LogP contribution < -0.4 is 0 Å². The Morgan fingerprint density at radius 1 is 0.614 bits per heavy atom. The van der Waals surface area contributed by atoms with Crippen LogP contribution in [0, 0.1) is 0 Å². The Hall–Kier alpha value is -1.59. The van der Waals surface area contributed by atoms with Crippen LogP contribution in [-0.2, 0) is 14.3 Å². The van der Waals surface area contributed by atoms with Gasteiger partial charge in [-0.05, 0) is 32.1 Å². The third kappa shape index (κ3) is 26.8. The lowest BCUT2D eigenvalue weighted by atomic mass is 10.1. The van der Waals surface area contributed by atoms with E-state index in [1.54, 1.807) is 0 Å². The standard InChI is InChI=1S/C38H72N2O4/c1-2-3-4-5-6-7-13-18-23-28-35-44-38(43)31-26-21-16-9-8-12-17-22-27-33-40-34-32-39-36(40)29-24-19-14-10-11-15-20-25-30-37(41)42/h2-35H2,1H3,(H,41,42). The third-order valence-corrected chi connectivity index (χ3v) is 9.14. The van der Waals surface area contributed by atoms with E-state index in [2.05, 4.69) is 11.8 Å². The minimum atomic E-state index is -0.669. The number of nitrogens with zero attached hydrogens (tertiary/aromatic N) is 2. The first-order chi connectivity index (χ1) is 21.6. The first-order valence-corrected chi connectivity index (χ1v) is 19.3. The summed E-state index contributed by atoms with van der Waals surface area (Å²) in [6.07, 6.45) is 35.8. The van der Waals surface area contributed by atoms with Gasteiger partial charge in [-0.3, -0.25) is 14.6 Å². The molecule has 0 saturated carbocycles. The van der Waals surface area contributed by atoms with Crippen LogP contribution in [0.1, 0.15) is 200 Å². The number of aliphatic imine (C=N–C) groups is 1. The van der Waals surface area contributed by atoms with E-state index in [1.807, 2.05) is 0 Å². The van der Waals surface area contributed by atoms with Crippen molar-refractivity contribution in [1.82, 2.24) is 4.90 Å². The fourth-order valence-corrected chi connectivity index (χ4v) is 6.28. The summed E-state index contributed by atoms with van der Waals surface area (Å²) < 4.78 is 5.43. The van der Waals surface area contributed by atoms with Gasteiger partial charge in [0.1, 0.15) is 0 Å². The second-order valence-electron chi connectivity index (χ2n) is 13.3. The molecule has 6 heteroatoms. The van der Waals surface area contributed by atoms with Crippen molar-refractivity contribution in [3.05, 3.63) is 0 Å². The lowest BCUT2D eigenvalue weighted by molar-refractivity contribution is -0.144. The van der Waals surface area contributed by atoms with Gasteiger partial charge in [0.2, 0.25) is 0 Å². The number of hydrogen-bond acceptors (Lipinski definition) is 5. The van der Waals surface area contributed by atoms with Gasteiger partial charge in [0, 0.05) is 32.4 Å². The molecule has 0 bridgehead atoms. The molecule has 0 unspecified atom stereocenters. The molecule has 1 aliphatic rings. The van der Waals surface area contributed by atoms with Gasteiger partial charge < -0.3 is 14.7 Å². The number of unbranched alkanes of at least 4 members (excludes halogenated alkanes) is 24. The highest BCUT2D eigenvalue weighted by Crippen LogP contribution is 2.16. The first-order valence-electron chi connectivity index (χ1n) is 19.3. The molecule has 0 aliphatic carbocycles. The molecule has 0 amide bonds. The molecule has 0 atom stereocenters. The third-order valence-electron chi connectivity index (χ3n) is 9.14. The average Bonchev–Trinajstić information content (AvgIpc) is 3.46. The zero-order valence-corrected chi connectivity index (χ0v) is 29.1. The number of carboxylic acid groups (broad SMARTS) is 1. The number of hydrogen-bond donors (Lipinski definition) is 1. The molecule has 1 aliphatic heterocycles. The van der Waals surface area contributed by atoms with E-state index in [1.165, 1.54) is 154 Å². The smallest absolute Gasteiger partial charge is 0.305 e. The minimum absolute atomic E-state index is 0.00503. The van der Waals surface area contributed by atoms with Gasteiger partial charge in [-0.15, -0.1) is 0 Å². The fraction of sp³-hybridized carbons (Fsp3) is 0.921. The zero-order chi connectivity index (χ0) is 31.8. The maximum Gasteiger partial charge on any atom is 0.305 e. The average molecular weight is 621 g/mol. The Kier molecular flexibility index (Phi) is 28.9. The van der Waals surface area contributed by atoms with Crippen molar-refractivity contribution < 1.29 is 19.4 Å². The van der Waals surface area contributed by atoms with Crippen LogP contribution in [0.4, 0.5) is 0 Å². The molecule has 1 rings (SSSR count). The van der Waals surface area contributed by atoms with Crippen LogP contribution in [0.2, 0.25) is 0 Å². The molecule has 6 nitrogen and oxygen atoms in total. The Labute approximate surface area is 272 Å². The molecule has 0 aromatic heterocycles. The number of carboxylic acids is 1. The Morgan fingerprint density at radius 2 is 1.07 bits per heavy atom. The molecule has 0 aromatic carbocycles. The first kappa shape index (κ1) is 40.4. The Bertz CT molecular complexity index is 696. The predicted molar refractivity (Wildman–Crippen MR) is 187 cm³/mol. The van der Waals surface area contributed by atoms with Gasteiger partial charge >= 0.3 is 11.9 Å². The summed E-state index contributed by atoms with van der Waals surface area (Å²) in [5, 5.41) is 8.68. The van der Waals surface area contributed by atoms with Gasteiger partial charge in [-0.2, -0.15) is 0 Å². The maximum absolute atomic E-state index is 12.0. The molecule has 258 valence electrons. The number of aliphatic carboxylic acids is 1. The normalized spacial score (nSPS) is 13.0. The summed E-state index contributed by atoms with van der Waals surface area (Å²) in [4.78, 5) is 29.8. The molecule has 1 heterocycles. The number of carbonyl (C=O) groups is 2. The van der Waals surface area contributed by atoms with Gasteiger partial charge in [0.05, 0.1) is 19.0 Å². The summed E-state index contributed by atoms with van der Waals surface area (Å²) in [6, 6.07) is 0. The molecular formula is C38H72N2O4. The number of carbonyl (C=O) groups excluding carboxylic acids is 1. The van der Waals surface area contributed by atoms with E-state index < -0.39 is 5.97 Å². The Morgan fingerprint density at radius 3 is 1.61 bits per heavy atom. The number of esters is 1. The summed E-state index contributed by atoms with van der Waals surface area (Å²) in [5.41, 5.74) is 0. The van der Waals surface area contributed by atoms with E-state index >= 15 is 0 Å². The molecule has 44 heavy (non-hydrogen) atoms. The summed E-state index contributed by atoms with van der Waals surface area (Å²) >= 11 is 0. The van der Waals surface area contributed by atoms with Crippen molar-refractivity contribution in [2.75, 3.05) is 26.2 Å². The van der Waals surface area contributed by atoms with Gasteiger partial charge in [0.25, 0.3) is 0 Å². The summed E-state index contributed by atoms with van der Waals surface area (Å²) in [7, 11) is 0. The quantitative estimate of drug-likeness (QED) is 0.0572. The van der Waals surface area contributed by atoms with Gasteiger partial charge in [-0.25, -0.2) is 0 Å². The van der Waals surface area contributed by atoms with Crippen molar-refractivity contribution in [3.63, 3.8) is 0 Å². The number of ether oxygens (including phenoxy) is 1. The second-order valence-corrected chi connectivity index (χ2v) is 13.3. The van der Waals surface area contributed by atoms with Crippen LogP contribution >= 0.6 is 0 Å². The summed E-state index contributed by atoms with van der Waals surface area (Å²) in [6.45, 7) is 6.14. The van der Waals surface area contributed by atoms with Crippen molar-refractivity contribution in [2.24, 2.45) is 4.99 Å². The predicted octanol–water partition coefficient (Wildman–Crippen LogP) is 11.1. The molecule has 0 saturated heterocycles.